The highest BCUT2D eigenvalue weighted by Crippen LogP contribution is 2.23. The lowest BCUT2D eigenvalue weighted by Gasteiger charge is -2.21. The van der Waals surface area contributed by atoms with Crippen LogP contribution in [-0.4, -0.2) is 5.78 Å². The lowest BCUT2D eigenvalue weighted by Crippen LogP contribution is -2.26. The van der Waals surface area contributed by atoms with Gasteiger partial charge in [-0.25, -0.2) is 0 Å². The van der Waals surface area contributed by atoms with E-state index in [2.05, 4.69) is 5.32 Å². The highest BCUT2D eigenvalue weighted by atomic mass is 16.1. The molecule has 1 aliphatic rings. The number of hydrogen-bond donors (Lipinski definition) is 1. The molecule has 1 aliphatic heterocycles. The molecular weight excluding hydrogens is 186 g/mol. The summed E-state index contributed by atoms with van der Waals surface area (Å²) in [6, 6.07) is 7.70. The third kappa shape index (κ3) is 1.84. The van der Waals surface area contributed by atoms with Gasteiger partial charge < -0.3 is 5.32 Å². The zero-order valence-electron chi connectivity index (χ0n) is 8.60. The highest BCUT2D eigenvalue weighted by Gasteiger charge is 2.20. The van der Waals surface area contributed by atoms with Crippen molar-refractivity contribution < 1.29 is 4.79 Å². The van der Waals surface area contributed by atoms with Crippen LogP contribution in [0.4, 0.5) is 0 Å². The number of nitrogens with one attached hydrogen (secondary N) is 1. The topological polar surface area (TPSA) is 29.1 Å². The van der Waals surface area contributed by atoms with Crippen LogP contribution in [0.2, 0.25) is 0 Å². The lowest BCUT2D eigenvalue weighted by molar-refractivity contribution is -0.116. The molecule has 1 atom stereocenters. The molecule has 1 unspecified atom stereocenters. The van der Waals surface area contributed by atoms with Crippen LogP contribution in [0.3, 0.4) is 0 Å². The zero-order valence-corrected chi connectivity index (χ0v) is 8.60. The molecule has 0 saturated carbocycles. The Kier molecular flexibility index (Phi) is 2.68. The van der Waals surface area contributed by atoms with E-state index in [4.69, 9.17) is 0 Å². The SMILES string of the molecule is C/C=C/C(=O)C1NC=Cc2ccccc21. The second-order valence-electron chi connectivity index (χ2n) is 3.46. The molecule has 0 aliphatic carbocycles. The van der Waals surface area contributed by atoms with Crippen LogP contribution in [0, 0.1) is 0 Å². The Morgan fingerprint density at radius 3 is 3.00 bits per heavy atom. The maximum atomic E-state index is 11.8. The summed E-state index contributed by atoms with van der Waals surface area (Å²) in [5, 5.41) is 3.08. The van der Waals surface area contributed by atoms with Crippen molar-refractivity contribution in [3.8, 4) is 0 Å². The molecule has 1 aromatic carbocycles. The van der Waals surface area contributed by atoms with E-state index in [1.165, 1.54) is 0 Å². The smallest absolute Gasteiger partial charge is 0.182 e. The maximum absolute atomic E-state index is 11.8. The number of allylic oxidation sites excluding steroid dienone is 1. The first-order chi connectivity index (χ1) is 7.33. The average Bonchev–Trinajstić information content (AvgIpc) is 2.28. The predicted octanol–water partition coefficient (Wildman–Crippen LogP) is 2.45. The van der Waals surface area contributed by atoms with Gasteiger partial charge in [0, 0.05) is 0 Å². The van der Waals surface area contributed by atoms with E-state index >= 15 is 0 Å². The number of carbonyl (C=O) groups excluding carboxylic acids is 1. The second kappa shape index (κ2) is 4.13. The van der Waals surface area contributed by atoms with Crippen LogP contribution in [0.15, 0.2) is 42.6 Å². The van der Waals surface area contributed by atoms with Crippen molar-refractivity contribution in [3.05, 3.63) is 53.7 Å². The van der Waals surface area contributed by atoms with Gasteiger partial charge in [0.25, 0.3) is 0 Å². The fourth-order valence-corrected chi connectivity index (χ4v) is 1.75. The van der Waals surface area contributed by atoms with E-state index in [0.29, 0.717) is 0 Å². The first kappa shape index (κ1) is 9.71. The van der Waals surface area contributed by atoms with Crippen molar-refractivity contribution in [2.75, 3.05) is 0 Å². The minimum absolute atomic E-state index is 0.0919. The number of hydrogen-bond acceptors (Lipinski definition) is 2. The molecular formula is C13H13NO. The lowest BCUT2D eigenvalue weighted by atomic mass is 9.95. The molecule has 2 heteroatoms. The first-order valence-corrected chi connectivity index (χ1v) is 5.01. The average molecular weight is 199 g/mol. The van der Waals surface area contributed by atoms with Crippen molar-refractivity contribution in [1.82, 2.24) is 5.32 Å². The molecule has 0 amide bonds. The van der Waals surface area contributed by atoms with Crippen LogP contribution >= 0.6 is 0 Å². The minimum atomic E-state index is -0.234. The van der Waals surface area contributed by atoms with Gasteiger partial charge in [-0.2, -0.15) is 0 Å². The number of fused-ring (bicyclic) bond motifs is 1. The third-order valence-corrected chi connectivity index (χ3v) is 2.45. The summed E-state index contributed by atoms with van der Waals surface area (Å²) in [5.41, 5.74) is 2.15. The van der Waals surface area contributed by atoms with E-state index < -0.39 is 0 Å². The summed E-state index contributed by atoms with van der Waals surface area (Å²) in [5.74, 6) is 0.0919. The summed E-state index contributed by atoms with van der Waals surface area (Å²) in [4.78, 5) is 11.8. The normalized spacial score (nSPS) is 18.6. The number of benzene rings is 1. The minimum Gasteiger partial charge on any atom is -0.377 e. The van der Waals surface area contributed by atoms with Crippen molar-refractivity contribution in [2.24, 2.45) is 0 Å². The predicted molar refractivity (Wildman–Crippen MR) is 61.2 cm³/mol. The molecule has 0 spiro atoms. The summed E-state index contributed by atoms with van der Waals surface area (Å²) in [6.45, 7) is 1.85. The Morgan fingerprint density at radius 2 is 2.20 bits per heavy atom. The van der Waals surface area contributed by atoms with Crippen molar-refractivity contribution in [2.45, 2.75) is 13.0 Å². The monoisotopic (exact) mass is 199 g/mol. The summed E-state index contributed by atoms with van der Waals surface area (Å²) in [6.07, 6.45) is 7.18. The van der Waals surface area contributed by atoms with Crippen molar-refractivity contribution >= 4 is 11.9 Å². The Hall–Kier alpha value is -1.83. The number of ketones is 1. The first-order valence-electron chi connectivity index (χ1n) is 5.01. The fourth-order valence-electron chi connectivity index (χ4n) is 1.75. The van der Waals surface area contributed by atoms with E-state index in [0.717, 1.165) is 11.1 Å². The molecule has 0 saturated heterocycles. The summed E-state index contributed by atoms with van der Waals surface area (Å²) < 4.78 is 0. The Bertz CT molecular complexity index is 432. The standard InChI is InChI=1S/C13H13NO/c1-2-5-12(15)13-11-7-4-3-6-10(11)8-9-14-13/h2-9,13-14H,1H3/b5-2+. The van der Waals surface area contributed by atoms with Gasteiger partial charge in [-0.15, -0.1) is 0 Å². The van der Waals surface area contributed by atoms with Crippen LogP contribution < -0.4 is 5.32 Å². The summed E-state index contributed by atoms with van der Waals surface area (Å²) in [7, 11) is 0. The van der Waals surface area contributed by atoms with Gasteiger partial charge in [0.1, 0.15) is 6.04 Å². The molecule has 0 bridgehead atoms. The van der Waals surface area contributed by atoms with Crippen LogP contribution in [0.1, 0.15) is 24.1 Å². The molecule has 2 rings (SSSR count). The van der Waals surface area contributed by atoms with E-state index in [9.17, 15) is 4.79 Å². The van der Waals surface area contributed by atoms with Gasteiger partial charge in [-0.05, 0) is 36.4 Å². The van der Waals surface area contributed by atoms with Gasteiger partial charge in [0.15, 0.2) is 5.78 Å². The van der Waals surface area contributed by atoms with Gasteiger partial charge >= 0.3 is 0 Å². The van der Waals surface area contributed by atoms with Crippen LogP contribution in [0.25, 0.3) is 6.08 Å². The third-order valence-electron chi connectivity index (χ3n) is 2.45. The van der Waals surface area contributed by atoms with Gasteiger partial charge in [-0.1, -0.05) is 30.3 Å². The largest absolute Gasteiger partial charge is 0.377 e. The Labute approximate surface area is 89.3 Å². The molecule has 2 nitrogen and oxygen atoms in total. The quantitative estimate of drug-likeness (QED) is 0.741. The van der Waals surface area contributed by atoms with E-state index in [1.54, 1.807) is 12.2 Å². The van der Waals surface area contributed by atoms with Crippen molar-refractivity contribution in [1.29, 1.82) is 0 Å². The molecule has 1 aromatic rings. The van der Waals surface area contributed by atoms with Crippen LogP contribution in [-0.2, 0) is 4.79 Å². The molecule has 0 aromatic heterocycles. The maximum Gasteiger partial charge on any atom is 0.182 e. The molecule has 0 fully saturated rings. The van der Waals surface area contributed by atoms with Crippen molar-refractivity contribution in [3.63, 3.8) is 0 Å². The Morgan fingerprint density at radius 1 is 1.40 bits per heavy atom. The molecule has 1 N–H and O–H groups in total. The molecule has 15 heavy (non-hydrogen) atoms. The highest BCUT2D eigenvalue weighted by molar-refractivity contribution is 5.96. The van der Waals surface area contributed by atoms with Gasteiger partial charge in [0.05, 0.1) is 0 Å². The fraction of sp³-hybridized carbons (Fsp3) is 0.154. The number of carbonyl (C=O) groups is 1. The molecule has 1 heterocycles. The van der Waals surface area contributed by atoms with Gasteiger partial charge in [0.2, 0.25) is 0 Å². The summed E-state index contributed by atoms with van der Waals surface area (Å²) >= 11 is 0. The Balaban J connectivity index is 2.38. The van der Waals surface area contributed by atoms with E-state index in [1.807, 2.05) is 43.5 Å². The van der Waals surface area contributed by atoms with E-state index in [-0.39, 0.29) is 11.8 Å². The second-order valence-corrected chi connectivity index (χ2v) is 3.46. The van der Waals surface area contributed by atoms with Crippen LogP contribution in [0.5, 0.6) is 0 Å². The van der Waals surface area contributed by atoms with Gasteiger partial charge in [-0.3, -0.25) is 4.79 Å². The molecule has 76 valence electrons. The zero-order chi connectivity index (χ0) is 10.7. The molecule has 0 radical (unpaired) electrons. The number of rotatable bonds is 2.